The Morgan fingerprint density at radius 1 is 0.328 bits per heavy atom. The van der Waals surface area contributed by atoms with Gasteiger partial charge in [-0.1, -0.05) is 164 Å². The van der Waals surface area contributed by atoms with Crippen LogP contribution in [0.25, 0.3) is 129 Å². The van der Waals surface area contributed by atoms with Gasteiger partial charge < -0.3 is 4.42 Å². The van der Waals surface area contributed by atoms with Crippen LogP contribution in [0.3, 0.4) is 0 Å². The molecule has 2 aromatic heterocycles. The van der Waals surface area contributed by atoms with E-state index in [-0.39, 0.29) is 0 Å². The maximum atomic E-state index is 6.74. The molecule has 2 heterocycles. The van der Waals surface area contributed by atoms with E-state index in [4.69, 9.17) is 4.42 Å². The van der Waals surface area contributed by atoms with Crippen LogP contribution in [0.1, 0.15) is 0 Å². The van der Waals surface area contributed by atoms with Crippen molar-refractivity contribution in [3.05, 3.63) is 194 Å². The van der Waals surface area contributed by atoms with Crippen LogP contribution in [0, 0.1) is 0 Å². The predicted molar refractivity (Wildman–Crippen MR) is 250 cm³/mol. The topological polar surface area (TPSA) is 13.1 Å². The third kappa shape index (κ3) is 4.52. The number of hydrogen-bond donors (Lipinski definition) is 0. The molecule has 0 N–H and O–H groups in total. The molecule has 0 radical (unpaired) electrons. The molecule has 0 saturated carbocycles. The van der Waals surface area contributed by atoms with Crippen LogP contribution in [-0.4, -0.2) is 0 Å². The van der Waals surface area contributed by atoms with Crippen LogP contribution in [0.15, 0.2) is 199 Å². The maximum absolute atomic E-state index is 6.74. The second-order valence-corrected chi connectivity index (χ2v) is 16.6. The Kier molecular flexibility index (Phi) is 6.66. The van der Waals surface area contributed by atoms with Gasteiger partial charge in [0.25, 0.3) is 0 Å². The van der Waals surface area contributed by atoms with Crippen molar-refractivity contribution in [2.24, 2.45) is 0 Å². The van der Waals surface area contributed by atoms with Crippen molar-refractivity contribution in [1.29, 1.82) is 0 Å². The van der Waals surface area contributed by atoms with Crippen molar-refractivity contribution in [2.45, 2.75) is 0 Å². The number of fused-ring (bicyclic) bond motifs is 13. The lowest BCUT2D eigenvalue weighted by Gasteiger charge is -2.19. The number of rotatable bonds is 3. The van der Waals surface area contributed by atoms with E-state index >= 15 is 0 Å². The minimum absolute atomic E-state index is 0.931. The van der Waals surface area contributed by atoms with E-state index in [9.17, 15) is 0 Å². The summed E-state index contributed by atoms with van der Waals surface area (Å²) >= 11 is 1.83. The summed E-state index contributed by atoms with van der Waals surface area (Å²) in [6.07, 6.45) is 0. The van der Waals surface area contributed by atoms with E-state index in [0.717, 1.165) is 11.2 Å². The molecule has 1 nitrogen and oxygen atoms in total. The van der Waals surface area contributed by atoms with Crippen molar-refractivity contribution in [3.63, 3.8) is 0 Å². The Bertz CT molecular complexity index is 3800. The van der Waals surface area contributed by atoms with Gasteiger partial charge in [-0.25, -0.2) is 0 Å². The van der Waals surface area contributed by atoms with E-state index < -0.39 is 0 Å². The molecule has 58 heavy (non-hydrogen) atoms. The van der Waals surface area contributed by atoms with Gasteiger partial charge in [0.1, 0.15) is 5.58 Å². The first-order valence-corrected chi connectivity index (χ1v) is 20.7. The van der Waals surface area contributed by atoms with E-state index in [2.05, 4.69) is 194 Å². The minimum atomic E-state index is 0.931. The van der Waals surface area contributed by atoms with E-state index in [1.807, 2.05) is 11.3 Å². The lowest BCUT2D eigenvalue weighted by atomic mass is 9.84. The zero-order valence-electron chi connectivity index (χ0n) is 31.3. The van der Waals surface area contributed by atoms with E-state index in [1.165, 1.54) is 118 Å². The molecule has 0 atom stereocenters. The van der Waals surface area contributed by atoms with Gasteiger partial charge in [-0.15, -0.1) is 11.3 Å². The van der Waals surface area contributed by atoms with Crippen LogP contribution in [0.4, 0.5) is 0 Å². The maximum Gasteiger partial charge on any atom is 0.153 e. The molecule has 268 valence electrons. The van der Waals surface area contributed by atoms with Gasteiger partial charge in [-0.3, -0.25) is 0 Å². The predicted octanol–water partition coefficient (Wildman–Crippen LogP) is 16.7. The Labute approximate surface area is 337 Å². The van der Waals surface area contributed by atoms with Gasteiger partial charge in [0.2, 0.25) is 0 Å². The van der Waals surface area contributed by atoms with Crippen LogP contribution >= 0.6 is 11.3 Å². The van der Waals surface area contributed by atoms with Crippen molar-refractivity contribution >= 4 is 107 Å². The fourth-order valence-electron chi connectivity index (χ4n) is 9.86. The standard InChI is InChI=1S/C56H32OS/c1-3-15-39-33(12-1)14-11-22-41(39)52-44-19-7-5-17-42(44)51(43-18-6-8-20-45(43)52)38-27-25-35-30-37(26-24-36(35)31-38)47-32-48-53-40-16-4-2-13-34(40)28-29-49(53)57-55(48)56-54(47)46-21-9-10-23-50(46)58-56/h1-32H. The van der Waals surface area contributed by atoms with Gasteiger partial charge in [0, 0.05) is 26.2 Å². The van der Waals surface area contributed by atoms with Crippen molar-refractivity contribution < 1.29 is 4.42 Å². The second-order valence-electron chi connectivity index (χ2n) is 15.5. The van der Waals surface area contributed by atoms with Crippen LogP contribution < -0.4 is 0 Å². The molecule has 2 heteroatoms. The Balaban J connectivity index is 1.03. The molecule has 13 rings (SSSR count). The summed E-state index contributed by atoms with van der Waals surface area (Å²) in [4.78, 5) is 0. The molecule has 0 unspecified atom stereocenters. The first kappa shape index (κ1) is 31.9. The highest BCUT2D eigenvalue weighted by molar-refractivity contribution is 7.26. The smallest absolute Gasteiger partial charge is 0.153 e. The molecular weight excluding hydrogens is 721 g/mol. The molecule has 0 aliphatic heterocycles. The summed E-state index contributed by atoms with van der Waals surface area (Å²) < 4.78 is 9.22. The fraction of sp³-hybridized carbons (Fsp3) is 0. The van der Waals surface area contributed by atoms with Crippen molar-refractivity contribution in [2.75, 3.05) is 0 Å². The Morgan fingerprint density at radius 2 is 0.879 bits per heavy atom. The van der Waals surface area contributed by atoms with Gasteiger partial charge in [0.15, 0.2) is 5.58 Å². The molecule has 0 saturated heterocycles. The number of benzene rings is 11. The van der Waals surface area contributed by atoms with Crippen LogP contribution in [0.2, 0.25) is 0 Å². The Morgan fingerprint density at radius 3 is 1.62 bits per heavy atom. The highest BCUT2D eigenvalue weighted by Crippen LogP contribution is 2.49. The average molecular weight is 753 g/mol. The lowest BCUT2D eigenvalue weighted by molar-refractivity contribution is 0.673. The van der Waals surface area contributed by atoms with Gasteiger partial charge in [0.05, 0.1) is 4.70 Å². The highest BCUT2D eigenvalue weighted by Gasteiger charge is 2.22. The number of hydrogen-bond acceptors (Lipinski definition) is 2. The normalized spacial score (nSPS) is 12.1. The first-order chi connectivity index (χ1) is 28.8. The Hall–Kier alpha value is -7.26. The van der Waals surface area contributed by atoms with Gasteiger partial charge in [-0.2, -0.15) is 0 Å². The largest absolute Gasteiger partial charge is 0.455 e. The van der Waals surface area contributed by atoms with E-state index in [0.29, 0.717) is 0 Å². The summed E-state index contributed by atoms with van der Waals surface area (Å²) in [5, 5.41) is 17.4. The zero-order chi connectivity index (χ0) is 37.9. The van der Waals surface area contributed by atoms with Gasteiger partial charge in [-0.05, 0) is 118 Å². The average Bonchev–Trinajstić information content (AvgIpc) is 3.87. The molecule has 0 aliphatic rings. The first-order valence-electron chi connectivity index (χ1n) is 19.9. The SMILES string of the molecule is c1ccc2c(-c3c4ccccc4c(-c4ccc5cc(-c6cc7c(oc8ccc9ccccc9c87)c7sc8ccccc8c67)ccc5c4)c4ccccc34)cccc2c1. The van der Waals surface area contributed by atoms with E-state index in [1.54, 1.807) is 0 Å². The summed E-state index contributed by atoms with van der Waals surface area (Å²) in [5.41, 5.74) is 9.41. The minimum Gasteiger partial charge on any atom is -0.455 e. The third-order valence-corrected chi connectivity index (χ3v) is 13.6. The summed E-state index contributed by atoms with van der Waals surface area (Å²) in [7, 11) is 0. The number of thiophene rings is 1. The molecule has 0 bridgehead atoms. The molecular formula is C56H32OS. The molecule has 11 aromatic carbocycles. The molecule has 0 fully saturated rings. The summed E-state index contributed by atoms with van der Waals surface area (Å²) in [6.45, 7) is 0. The second kappa shape index (κ2) is 12.1. The third-order valence-electron chi connectivity index (χ3n) is 12.4. The lowest BCUT2D eigenvalue weighted by Crippen LogP contribution is -1.91. The molecule has 0 spiro atoms. The molecule has 0 amide bonds. The van der Waals surface area contributed by atoms with Crippen LogP contribution in [-0.2, 0) is 0 Å². The zero-order valence-corrected chi connectivity index (χ0v) is 32.1. The van der Waals surface area contributed by atoms with Crippen molar-refractivity contribution in [3.8, 4) is 33.4 Å². The monoisotopic (exact) mass is 752 g/mol. The number of furan rings is 1. The quantitative estimate of drug-likeness (QED) is 0.164. The molecule has 0 aliphatic carbocycles. The fourth-order valence-corrected chi connectivity index (χ4v) is 11.1. The van der Waals surface area contributed by atoms with Crippen LogP contribution in [0.5, 0.6) is 0 Å². The summed E-state index contributed by atoms with van der Waals surface area (Å²) in [5.74, 6) is 0. The molecule has 13 aromatic rings. The van der Waals surface area contributed by atoms with Gasteiger partial charge >= 0.3 is 0 Å². The highest BCUT2D eigenvalue weighted by atomic mass is 32.1. The summed E-state index contributed by atoms with van der Waals surface area (Å²) in [6, 6.07) is 71.5. The van der Waals surface area contributed by atoms with Crippen molar-refractivity contribution in [1.82, 2.24) is 0 Å².